The van der Waals surface area contributed by atoms with Crippen LogP contribution in [0.25, 0.3) is 0 Å². The van der Waals surface area contributed by atoms with Crippen LogP contribution < -0.4 is 5.32 Å². The molecule has 0 aromatic heterocycles. The summed E-state index contributed by atoms with van der Waals surface area (Å²) in [4.78, 5) is 11.4. The number of benzene rings is 1. The normalized spacial score (nSPS) is 12.1. The number of nitrogens with one attached hydrogen (secondary N) is 1. The van der Waals surface area contributed by atoms with Gasteiger partial charge in [0.15, 0.2) is 0 Å². The molecule has 1 unspecified atom stereocenters. The van der Waals surface area contributed by atoms with Crippen LogP contribution >= 0.6 is 0 Å². The van der Waals surface area contributed by atoms with Gasteiger partial charge < -0.3 is 10.1 Å². The van der Waals surface area contributed by atoms with E-state index in [0.29, 0.717) is 6.54 Å². The number of carbonyl (C=O) groups excluding carboxylic acids is 1. The minimum atomic E-state index is -0.598. The largest absolute Gasteiger partial charge is 0.385 e. The van der Waals surface area contributed by atoms with Gasteiger partial charge in [-0.3, -0.25) is 4.79 Å². The summed E-state index contributed by atoms with van der Waals surface area (Å²) in [5.41, 5.74) is 1.05. The zero-order valence-corrected chi connectivity index (χ0v) is 8.77. The lowest BCUT2D eigenvalue weighted by Crippen LogP contribution is -2.29. The smallest absolute Gasteiger partial charge is 0.216 e. The standard InChI is InChI=1S/C11H14BNO2/c1-15-8-10(12)11(14)13-7-9-5-3-2-4-6-9/h2-6,10H,7-8H2,1H3,(H,13,14). The third-order valence-electron chi connectivity index (χ3n) is 1.99. The highest BCUT2D eigenvalue weighted by Crippen LogP contribution is 2.01. The molecule has 2 radical (unpaired) electrons. The van der Waals surface area contributed by atoms with Crippen molar-refractivity contribution in [2.45, 2.75) is 12.4 Å². The van der Waals surface area contributed by atoms with Crippen LogP contribution in [-0.2, 0) is 16.1 Å². The Morgan fingerprint density at radius 2 is 2.13 bits per heavy atom. The predicted molar refractivity (Wildman–Crippen MR) is 59.7 cm³/mol. The molecule has 3 nitrogen and oxygen atoms in total. The van der Waals surface area contributed by atoms with Gasteiger partial charge in [-0.1, -0.05) is 30.3 Å². The molecule has 1 aromatic carbocycles. The van der Waals surface area contributed by atoms with E-state index in [-0.39, 0.29) is 12.5 Å². The SMILES string of the molecule is [B]C(COC)C(=O)NCc1ccccc1. The fourth-order valence-corrected chi connectivity index (χ4v) is 1.17. The number of ether oxygens (including phenoxy) is 1. The van der Waals surface area contributed by atoms with Crippen molar-refractivity contribution < 1.29 is 9.53 Å². The van der Waals surface area contributed by atoms with Gasteiger partial charge in [-0.25, -0.2) is 0 Å². The lowest BCUT2D eigenvalue weighted by atomic mass is 9.87. The summed E-state index contributed by atoms with van der Waals surface area (Å²) in [5.74, 6) is -0.792. The summed E-state index contributed by atoms with van der Waals surface area (Å²) < 4.78 is 4.79. The second-order valence-corrected chi connectivity index (χ2v) is 3.27. The van der Waals surface area contributed by atoms with E-state index in [9.17, 15) is 4.79 Å². The average Bonchev–Trinajstić information content (AvgIpc) is 2.27. The first-order valence-electron chi connectivity index (χ1n) is 4.80. The maximum atomic E-state index is 11.4. The lowest BCUT2D eigenvalue weighted by Gasteiger charge is -2.11. The molecule has 1 rings (SSSR count). The number of hydrogen-bond donors (Lipinski definition) is 1. The van der Waals surface area contributed by atoms with E-state index in [4.69, 9.17) is 12.6 Å². The fraction of sp³-hybridized carbons (Fsp3) is 0.364. The second kappa shape index (κ2) is 6.25. The highest BCUT2D eigenvalue weighted by molar-refractivity contribution is 6.23. The number of amides is 1. The molecule has 15 heavy (non-hydrogen) atoms. The predicted octanol–water partition coefficient (Wildman–Crippen LogP) is 0.906. The van der Waals surface area contributed by atoms with E-state index in [2.05, 4.69) is 5.32 Å². The van der Waals surface area contributed by atoms with E-state index in [0.717, 1.165) is 5.56 Å². The third kappa shape index (κ3) is 4.17. The van der Waals surface area contributed by atoms with Crippen LogP contribution in [0, 0.1) is 0 Å². The van der Waals surface area contributed by atoms with Crippen molar-refractivity contribution in [3.05, 3.63) is 35.9 Å². The molecule has 4 heteroatoms. The van der Waals surface area contributed by atoms with Crippen molar-refractivity contribution in [1.82, 2.24) is 5.32 Å². The Balaban J connectivity index is 2.34. The maximum Gasteiger partial charge on any atom is 0.216 e. The molecule has 0 aliphatic rings. The van der Waals surface area contributed by atoms with E-state index in [1.165, 1.54) is 7.11 Å². The van der Waals surface area contributed by atoms with Crippen LogP contribution in [0.1, 0.15) is 5.56 Å². The number of carbonyl (C=O) groups is 1. The van der Waals surface area contributed by atoms with Gasteiger partial charge in [0.05, 0.1) is 7.85 Å². The fourth-order valence-electron chi connectivity index (χ4n) is 1.17. The summed E-state index contributed by atoms with van der Waals surface area (Å²) >= 11 is 0. The van der Waals surface area contributed by atoms with Crippen molar-refractivity contribution in [2.75, 3.05) is 13.7 Å². The van der Waals surface area contributed by atoms with Crippen molar-refractivity contribution in [1.29, 1.82) is 0 Å². The van der Waals surface area contributed by atoms with Crippen LogP contribution in [0.5, 0.6) is 0 Å². The highest BCUT2D eigenvalue weighted by Gasteiger charge is 2.10. The van der Waals surface area contributed by atoms with Crippen LogP contribution in [0.3, 0.4) is 0 Å². The van der Waals surface area contributed by atoms with Crippen LogP contribution in [0.4, 0.5) is 0 Å². The Morgan fingerprint density at radius 3 is 2.73 bits per heavy atom. The van der Waals surface area contributed by atoms with Gasteiger partial charge in [0.25, 0.3) is 0 Å². The molecule has 0 spiro atoms. The van der Waals surface area contributed by atoms with Gasteiger partial charge >= 0.3 is 0 Å². The maximum absolute atomic E-state index is 11.4. The molecule has 78 valence electrons. The van der Waals surface area contributed by atoms with Gasteiger partial charge in [0.1, 0.15) is 0 Å². The van der Waals surface area contributed by atoms with Crippen molar-refractivity contribution in [3.8, 4) is 0 Å². The van der Waals surface area contributed by atoms with Crippen LogP contribution in [-0.4, -0.2) is 27.5 Å². The molecular formula is C11H14BNO2. The molecule has 1 N–H and O–H groups in total. The summed E-state index contributed by atoms with van der Waals surface area (Å²) in [6, 6.07) is 9.68. The Kier molecular flexibility index (Phi) is 4.91. The molecular weight excluding hydrogens is 189 g/mol. The van der Waals surface area contributed by atoms with Gasteiger partial charge in [0, 0.05) is 26.1 Å². The first-order chi connectivity index (χ1) is 7.24. The summed E-state index contributed by atoms with van der Waals surface area (Å²) in [6.45, 7) is 0.734. The Bertz CT molecular complexity index is 303. The minimum absolute atomic E-state index is 0.194. The molecule has 0 fully saturated rings. The van der Waals surface area contributed by atoms with Gasteiger partial charge in [-0.05, 0) is 5.56 Å². The summed E-state index contributed by atoms with van der Waals surface area (Å²) in [7, 11) is 7.07. The Labute approximate surface area is 91.2 Å². The van der Waals surface area contributed by atoms with Gasteiger partial charge in [0.2, 0.25) is 5.91 Å². The number of rotatable bonds is 5. The third-order valence-corrected chi connectivity index (χ3v) is 1.99. The molecule has 0 aliphatic heterocycles. The number of methoxy groups -OCH3 is 1. The molecule has 1 amide bonds. The molecule has 1 aromatic rings. The van der Waals surface area contributed by atoms with Crippen molar-refractivity contribution in [2.24, 2.45) is 0 Å². The average molecular weight is 203 g/mol. The van der Waals surface area contributed by atoms with E-state index in [1.807, 2.05) is 30.3 Å². The molecule has 1 atom stereocenters. The molecule has 0 aliphatic carbocycles. The minimum Gasteiger partial charge on any atom is -0.385 e. The van der Waals surface area contributed by atoms with Crippen molar-refractivity contribution in [3.63, 3.8) is 0 Å². The van der Waals surface area contributed by atoms with Gasteiger partial charge in [-0.2, -0.15) is 0 Å². The second-order valence-electron chi connectivity index (χ2n) is 3.27. The number of hydrogen-bond acceptors (Lipinski definition) is 2. The molecule has 0 saturated carbocycles. The quantitative estimate of drug-likeness (QED) is 0.722. The van der Waals surface area contributed by atoms with Gasteiger partial charge in [-0.15, -0.1) is 0 Å². The van der Waals surface area contributed by atoms with E-state index in [1.54, 1.807) is 0 Å². The Morgan fingerprint density at radius 1 is 1.47 bits per heavy atom. The molecule has 0 saturated heterocycles. The summed E-state index contributed by atoms with van der Waals surface area (Å²) in [5, 5.41) is 2.74. The van der Waals surface area contributed by atoms with E-state index >= 15 is 0 Å². The van der Waals surface area contributed by atoms with E-state index < -0.39 is 5.82 Å². The summed E-state index contributed by atoms with van der Waals surface area (Å²) in [6.07, 6.45) is 0. The molecule has 0 heterocycles. The van der Waals surface area contributed by atoms with Crippen molar-refractivity contribution >= 4 is 13.8 Å². The monoisotopic (exact) mass is 203 g/mol. The zero-order valence-electron chi connectivity index (χ0n) is 8.77. The zero-order chi connectivity index (χ0) is 11.1. The van der Waals surface area contributed by atoms with Crippen LogP contribution in [0.15, 0.2) is 30.3 Å². The molecule has 0 bridgehead atoms. The highest BCUT2D eigenvalue weighted by atomic mass is 16.5. The lowest BCUT2D eigenvalue weighted by molar-refractivity contribution is -0.122. The Hall–Kier alpha value is -1.29. The van der Waals surface area contributed by atoms with Crippen LogP contribution in [0.2, 0.25) is 5.82 Å². The first kappa shape index (κ1) is 11.8. The topological polar surface area (TPSA) is 38.3 Å². The first-order valence-corrected chi connectivity index (χ1v) is 4.80.